The summed E-state index contributed by atoms with van der Waals surface area (Å²) in [6, 6.07) is 13.4. The summed E-state index contributed by atoms with van der Waals surface area (Å²) in [7, 11) is 0. The van der Waals surface area contributed by atoms with Gasteiger partial charge in [0.25, 0.3) is 5.91 Å². The van der Waals surface area contributed by atoms with E-state index in [0.717, 1.165) is 5.56 Å². The Balaban J connectivity index is 2.19. The zero-order valence-corrected chi connectivity index (χ0v) is 12.4. The summed E-state index contributed by atoms with van der Waals surface area (Å²) in [4.78, 5) is 16.5. The minimum absolute atomic E-state index is 0.0202. The molecule has 2 aromatic rings. The molecule has 0 aliphatic carbocycles. The highest BCUT2D eigenvalue weighted by atomic mass is 16.1. The van der Waals surface area contributed by atoms with Crippen molar-refractivity contribution in [3.8, 4) is 0 Å². The summed E-state index contributed by atoms with van der Waals surface area (Å²) in [5.74, 6) is 0.196. The van der Waals surface area contributed by atoms with Gasteiger partial charge >= 0.3 is 0 Å². The number of amides is 1. The number of benzene rings is 1. The summed E-state index contributed by atoms with van der Waals surface area (Å²) in [6.45, 7) is 4.51. The molecule has 1 amide bonds. The van der Waals surface area contributed by atoms with Crippen LogP contribution in [0.4, 0.5) is 0 Å². The fourth-order valence-corrected chi connectivity index (χ4v) is 2.25. The fourth-order valence-electron chi connectivity index (χ4n) is 2.25. The van der Waals surface area contributed by atoms with Gasteiger partial charge in [0.15, 0.2) is 0 Å². The van der Waals surface area contributed by atoms with Crippen molar-refractivity contribution in [2.45, 2.75) is 26.4 Å². The lowest BCUT2D eigenvalue weighted by Crippen LogP contribution is -2.31. The minimum Gasteiger partial charge on any atom is -0.345 e. The van der Waals surface area contributed by atoms with Crippen molar-refractivity contribution in [2.24, 2.45) is 11.7 Å². The van der Waals surface area contributed by atoms with Gasteiger partial charge in [-0.3, -0.25) is 9.78 Å². The van der Waals surface area contributed by atoms with E-state index in [4.69, 9.17) is 5.73 Å². The number of aromatic nitrogens is 1. The number of hydrogen-bond acceptors (Lipinski definition) is 3. The standard InChI is InChI=1S/C17H21N3O/c1-12(2)16(13-6-4-3-5-7-13)20-17(21)14-8-9-19-15(10-14)11-18/h3-10,12,16H,11,18H2,1-2H3,(H,20,21). The van der Waals surface area contributed by atoms with E-state index in [0.29, 0.717) is 23.7 Å². The predicted molar refractivity (Wildman–Crippen MR) is 83.6 cm³/mol. The van der Waals surface area contributed by atoms with Crippen LogP contribution in [0.5, 0.6) is 0 Å². The largest absolute Gasteiger partial charge is 0.345 e. The van der Waals surface area contributed by atoms with Crippen molar-refractivity contribution in [3.63, 3.8) is 0 Å². The molecule has 1 atom stereocenters. The van der Waals surface area contributed by atoms with Gasteiger partial charge in [-0.1, -0.05) is 44.2 Å². The minimum atomic E-state index is -0.102. The zero-order valence-electron chi connectivity index (χ0n) is 12.4. The van der Waals surface area contributed by atoms with E-state index < -0.39 is 0 Å². The lowest BCUT2D eigenvalue weighted by atomic mass is 9.95. The maximum absolute atomic E-state index is 12.4. The first-order valence-corrected chi connectivity index (χ1v) is 7.12. The molecule has 0 aliphatic rings. The average Bonchev–Trinajstić information content (AvgIpc) is 2.53. The molecule has 0 fully saturated rings. The van der Waals surface area contributed by atoms with Crippen molar-refractivity contribution in [1.29, 1.82) is 0 Å². The number of hydrogen-bond donors (Lipinski definition) is 2. The summed E-state index contributed by atoms with van der Waals surface area (Å²) >= 11 is 0. The molecule has 3 N–H and O–H groups in total. The number of pyridine rings is 1. The van der Waals surface area contributed by atoms with Crippen molar-refractivity contribution >= 4 is 5.91 Å². The Morgan fingerprint density at radius 1 is 1.24 bits per heavy atom. The predicted octanol–water partition coefficient (Wildman–Crippen LogP) is 2.67. The molecule has 110 valence electrons. The molecule has 1 unspecified atom stereocenters. The first-order valence-electron chi connectivity index (χ1n) is 7.12. The molecule has 1 heterocycles. The van der Waals surface area contributed by atoms with Crippen molar-refractivity contribution in [3.05, 3.63) is 65.5 Å². The maximum atomic E-state index is 12.4. The second kappa shape index (κ2) is 6.99. The van der Waals surface area contributed by atoms with Crippen molar-refractivity contribution in [2.75, 3.05) is 0 Å². The van der Waals surface area contributed by atoms with Gasteiger partial charge in [-0.05, 0) is 23.6 Å². The topological polar surface area (TPSA) is 68.0 Å². The van der Waals surface area contributed by atoms with E-state index in [9.17, 15) is 4.79 Å². The first-order chi connectivity index (χ1) is 10.1. The molecule has 0 aliphatic heterocycles. The lowest BCUT2D eigenvalue weighted by Gasteiger charge is -2.23. The van der Waals surface area contributed by atoms with Gasteiger partial charge in [-0.25, -0.2) is 0 Å². The Morgan fingerprint density at radius 2 is 1.95 bits per heavy atom. The summed E-state index contributed by atoms with van der Waals surface area (Å²) in [5.41, 5.74) is 7.97. The van der Waals surface area contributed by atoms with Gasteiger partial charge in [-0.15, -0.1) is 0 Å². The van der Waals surface area contributed by atoms with E-state index in [1.54, 1.807) is 18.3 Å². The van der Waals surface area contributed by atoms with E-state index in [1.807, 2.05) is 30.3 Å². The van der Waals surface area contributed by atoms with Crippen LogP contribution >= 0.6 is 0 Å². The molecule has 4 nitrogen and oxygen atoms in total. The number of nitrogens with zero attached hydrogens (tertiary/aromatic N) is 1. The Hall–Kier alpha value is -2.20. The Morgan fingerprint density at radius 3 is 2.57 bits per heavy atom. The normalized spacial score (nSPS) is 12.2. The molecule has 0 bridgehead atoms. The monoisotopic (exact) mass is 283 g/mol. The molecule has 0 saturated heterocycles. The van der Waals surface area contributed by atoms with Gasteiger partial charge in [-0.2, -0.15) is 0 Å². The highest BCUT2D eigenvalue weighted by molar-refractivity contribution is 5.94. The van der Waals surface area contributed by atoms with Crippen LogP contribution in [0, 0.1) is 5.92 Å². The van der Waals surface area contributed by atoms with Crippen molar-refractivity contribution in [1.82, 2.24) is 10.3 Å². The molecule has 0 radical (unpaired) electrons. The van der Waals surface area contributed by atoms with Gasteiger partial charge in [0.2, 0.25) is 0 Å². The van der Waals surface area contributed by atoms with Crippen LogP contribution in [0.2, 0.25) is 0 Å². The van der Waals surface area contributed by atoms with E-state index in [2.05, 4.69) is 24.1 Å². The molecule has 4 heteroatoms. The molecule has 1 aromatic carbocycles. The second-order valence-corrected chi connectivity index (χ2v) is 5.35. The van der Waals surface area contributed by atoms with E-state index >= 15 is 0 Å². The molecular formula is C17H21N3O. The van der Waals surface area contributed by atoms with Gasteiger partial charge < -0.3 is 11.1 Å². The molecule has 2 rings (SSSR count). The molecule has 0 saturated carbocycles. The van der Waals surface area contributed by atoms with E-state index in [-0.39, 0.29) is 11.9 Å². The quantitative estimate of drug-likeness (QED) is 0.886. The van der Waals surface area contributed by atoms with Crippen LogP contribution in [0.15, 0.2) is 48.7 Å². The SMILES string of the molecule is CC(C)C(NC(=O)c1ccnc(CN)c1)c1ccccc1. The van der Waals surface area contributed by atoms with Crippen LogP contribution in [0.1, 0.15) is 41.5 Å². The van der Waals surface area contributed by atoms with Gasteiger partial charge in [0.1, 0.15) is 0 Å². The number of carbonyl (C=O) groups is 1. The third kappa shape index (κ3) is 3.89. The Kier molecular flexibility index (Phi) is 5.06. The van der Waals surface area contributed by atoms with Crippen LogP contribution in [0.3, 0.4) is 0 Å². The maximum Gasteiger partial charge on any atom is 0.251 e. The molecule has 0 spiro atoms. The number of rotatable bonds is 5. The van der Waals surface area contributed by atoms with Gasteiger partial charge in [0, 0.05) is 18.3 Å². The van der Waals surface area contributed by atoms with E-state index in [1.165, 1.54) is 0 Å². The van der Waals surface area contributed by atoms with Crippen LogP contribution in [0.25, 0.3) is 0 Å². The van der Waals surface area contributed by atoms with Gasteiger partial charge in [0.05, 0.1) is 11.7 Å². The number of carbonyl (C=O) groups excluding carboxylic acids is 1. The zero-order chi connectivity index (χ0) is 15.2. The Bertz CT molecular complexity index is 596. The summed E-state index contributed by atoms with van der Waals surface area (Å²) in [5, 5.41) is 3.09. The Labute approximate surface area is 125 Å². The van der Waals surface area contributed by atoms with Crippen LogP contribution < -0.4 is 11.1 Å². The fraction of sp³-hybridized carbons (Fsp3) is 0.294. The summed E-state index contributed by atoms with van der Waals surface area (Å²) < 4.78 is 0. The molecule has 1 aromatic heterocycles. The third-order valence-electron chi connectivity index (χ3n) is 3.40. The second-order valence-electron chi connectivity index (χ2n) is 5.35. The highest BCUT2D eigenvalue weighted by Gasteiger charge is 2.19. The lowest BCUT2D eigenvalue weighted by molar-refractivity contribution is 0.0925. The molecule has 21 heavy (non-hydrogen) atoms. The average molecular weight is 283 g/mol. The van der Waals surface area contributed by atoms with Crippen molar-refractivity contribution < 1.29 is 4.79 Å². The molecular weight excluding hydrogens is 262 g/mol. The number of nitrogens with two attached hydrogens (primary N) is 1. The highest BCUT2D eigenvalue weighted by Crippen LogP contribution is 2.21. The first kappa shape index (κ1) is 15.2. The summed E-state index contributed by atoms with van der Waals surface area (Å²) in [6.07, 6.45) is 1.62. The number of nitrogens with one attached hydrogen (secondary N) is 1. The smallest absolute Gasteiger partial charge is 0.251 e. The van der Waals surface area contributed by atoms with Crippen LogP contribution in [-0.2, 0) is 6.54 Å². The third-order valence-corrected chi connectivity index (χ3v) is 3.40. The van der Waals surface area contributed by atoms with Crippen LogP contribution in [-0.4, -0.2) is 10.9 Å².